The Morgan fingerprint density at radius 2 is 1.88 bits per heavy atom. The molecule has 7 heteroatoms. The normalized spacial score (nSPS) is 11.1. The number of alkyl halides is 2. The van der Waals surface area contributed by atoms with E-state index in [1.165, 1.54) is 30.3 Å². The van der Waals surface area contributed by atoms with Gasteiger partial charge in [-0.1, -0.05) is 23.9 Å². The van der Waals surface area contributed by atoms with Crippen LogP contribution in [0.4, 0.5) is 8.78 Å². The second kappa shape index (κ2) is 7.70. The first-order valence-corrected chi connectivity index (χ1v) is 8.56. The summed E-state index contributed by atoms with van der Waals surface area (Å²) in [5, 5.41) is 0.687. The largest absolute Gasteiger partial charge is 0.457 e. The number of fused-ring (bicyclic) bond motifs is 1. The number of rotatable bonds is 5. The first-order chi connectivity index (χ1) is 12.4. The van der Waals surface area contributed by atoms with Crippen molar-refractivity contribution < 1.29 is 22.7 Å². The number of hydrogen-bond acceptors (Lipinski definition) is 5. The summed E-state index contributed by atoms with van der Waals surface area (Å²) in [5.74, 6) is -3.12. The summed E-state index contributed by atoms with van der Waals surface area (Å²) in [6, 6.07) is 12.4. The summed E-state index contributed by atoms with van der Waals surface area (Å²) in [7, 11) is 0. The molecule has 0 atom stereocenters. The fourth-order valence-corrected chi connectivity index (χ4v) is 2.95. The monoisotopic (exact) mass is 376 g/mol. The molecule has 0 amide bonds. The van der Waals surface area contributed by atoms with Crippen molar-refractivity contribution in [3.05, 3.63) is 75.6 Å². The van der Waals surface area contributed by atoms with E-state index in [0.717, 1.165) is 5.56 Å². The van der Waals surface area contributed by atoms with Crippen LogP contribution < -0.4 is 5.63 Å². The van der Waals surface area contributed by atoms with E-state index in [-0.39, 0.29) is 12.2 Å². The van der Waals surface area contributed by atoms with E-state index < -0.39 is 17.4 Å². The third-order valence-corrected chi connectivity index (χ3v) is 4.38. The maximum atomic E-state index is 12.3. The van der Waals surface area contributed by atoms with Crippen molar-refractivity contribution in [2.75, 3.05) is 0 Å². The van der Waals surface area contributed by atoms with Crippen molar-refractivity contribution in [1.82, 2.24) is 0 Å². The van der Waals surface area contributed by atoms with Gasteiger partial charge in [0.15, 0.2) is 0 Å². The van der Waals surface area contributed by atoms with Crippen molar-refractivity contribution in [1.29, 1.82) is 0 Å². The highest BCUT2D eigenvalue weighted by Crippen LogP contribution is 2.25. The second-order valence-electron chi connectivity index (χ2n) is 5.57. The average molecular weight is 376 g/mol. The molecule has 0 aliphatic rings. The summed E-state index contributed by atoms with van der Waals surface area (Å²) in [6.07, 6.45) is 0. The van der Waals surface area contributed by atoms with Crippen molar-refractivity contribution in [3.63, 3.8) is 0 Å². The summed E-state index contributed by atoms with van der Waals surface area (Å²) in [6.45, 7) is 1.78. The molecule has 0 N–H and O–H groups in total. The van der Waals surface area contributed by atoms with Gasteiger partial charge in [0.2, 0.25) is 0 Å². The summed E-state index contributed by atoms with van der Waals surface area (Å²) < 4.78 is 35.0. The van der Waals surface area contributed by atoms with Crippen molar-refractivity contribution in [3.8, 4) is 0 Å². The molecule has 0 saturated carbocycles. The lowest BCUT2D eigenvalue weighted by atomic mass is 10.1. The summed E-state index contributed by atoms with van der Waals surface area (Å²) >= 11 is 0.403. The minimum absolute atomic E-state index is 0.0997. The smallest absolute Gasteiger partial charge is 0.338 e. The van der Waals surface area contributed by atoms with Crippen LogP contribution in [-0.4, -0.2) is 11.7 Å². The zero-order valence-electron chi connectivity index (χ0n) is 13.7. The molecule has 26 heavy (non-hydrogen) atoms. The molecule has 3 rings (SSSR count). The summed E-state index contributed by atoms with van der Waals surface area (Å²) in [5.41, 5.74) is 1.62. The van der Waals surface area contributed by atoms with Gasteiger partial charge in [0.1, 0.15) is 12.2 Å². The van der Waals surface area contributed by atoms with Gasteiger partial charge in [-0.2, -0.15) is 8.78 Å². The number of carbonyl (C=O) groups excluding carboxylic acids is 1. The van der Waals surface area contributed by atoms with Gasteiger partial charge in [0.05, 0.1) is 5.56 Å². The Balaban J connectivity index is 1.75. The van der Waals surface area contributed by atoms with Crippen LogP contribution in [0, 0.1) is 6.92 Å². The highest BCUT2D eigenvalue weighted by Gasteiger charge is 2.12. The van der Waals surface area contributed by atoms with Crippen LogP contribution in [0.25, 0.3) is 11.0 Å². The quantitative estimate of drug-likeness (QED) is 0.365. The Morgan fingerprint density at radius 1 is 1.15 bits per heavy atom. The van der Waals surface area contributed by atoms with Crippen LogP contribution in [0.5, 0.6) is 0 Å². The average Bonchev–Trinajstić information content (AvgIpc) is 2.59. The molecule has 3 aromatic rings. The van der Waals surface area contributed by atoms with Gasteiger partial charge in [-0.3, -0.25) is 0 Å². The van der Waals surface area contributed by atoms with Crippen LogP contribution in [0.2, 0.25) is 0 Å². The van der Waals surface area contributed by atoms with Gasteiger partial charge in [-0.05, 0) is 42.8 Å². The van der Waals surface area contributed by atoms with Gasteiger partial charge in [-0.25, -0.2) is 9.59 Å². The Labute approximate surface area is 151 Å². The lowest BCUT2D eigenvalue weighted by Gasteiger charge is -2.08. The molecule has 0 aliphatic carbocycles. The van der Waals surface area contributed by atoms with Gasteiger partial charge < -0.3 is 9.15 Å². The SMILES string of the molecule is Cc1ccc2c(COC(=O)c3ccc(SC(F)F)cc3)cc(=O)oc2c1. The van der Waals surface area contributed by atoms with E-state index >= 15 is 0 Å². The van der Waals surface area contributed by atoms with Gasteiger partial charge >= 0.3 is 11.6 Å². The lowest BCUT2D eigenvalue weighted by Crippen LogP contribution is -2.08. The molecule has 2 aromatic carbocycles. The van der Waals surface area contributed by atoms with Crippen LogP contribution in [0.15, 0.2) is 62.6 Å². The highest BCUT2D eigenvalue weighted by molar-refractivity contribution is 7.99. The molecule has 0 aliphatic heterocycles. The second-order valence-corrected chi connectivity index (χ2v) is 6.63. The molecule has 0 saturated heterocycles. The minimum Gasteiger partial charge on any atom is -0.457 e. The number of benzene rings is 2. The van der Waals surface area contributed by atoms with Gasteiger partial charge in [0.25, 0.3) is 5.76 Å². The van der Waals surface area contributed by atoms with Crippen molar-refractivity contribution in [2.24, 2.45) is 0 Å². The van der Waals surface area contributed by atoms with Crippen LogP contribution >= 0.6 is 11.8 Å². The number of aryl methyl sites for hydroxylation is 1. The van der Waals surface area contributed by atoms with E-state index in [4.69, 9.17) is 9.15 Å². The topological polar surface area (TPSA) is 56.5 Å². The Morgan fingerprint density at radius 3 is 2.58 bits per heavy atom. The molecule has 1 heterocycles. The van der Waals surface area contributed by atoms with Gasteiger partial charge in [0, 0.05) is 21.9 Å². The number of halogens is 2. The van der Waals surface area contributed by atoms with Crippen LogP contribution in [-0.2, 0) is 11.3 Å². The molecular formula is C19H14F2O4S. The Hall–Kier alpha value is -2.67. The van der Waals surface area contributed by atoms with Crippen molar-refractivity contribution >= 4 is 28.7 Å². The third kappa shape index (κ3) is 4.29. The zero-order chi connectivity index (χ0) is 18.7. The number of esters is 1. The lowest BCUT2D eigenvalue weighted by molar-refractivity contribution is 0.0473. The fourth-order valence-electron chi connectivity index (χ4n) is 2.46. The fraction of sp³-hybridized carbons (Fsp3) is 0.158. The maximum Gasteiger partial charge on any atom is 0.338 e. The van der Waals surface area contributed by atoms with E-state index in [1.807, 2.05) is 13.0 Å². The van der Waals surface area contributed by atoms with Crippen molar-refractivity contribution in [2.45, 2.75) is 24.2 Å². The van der Waals surface area contributed by atoms with Gasteiger partial charge in [-0.15, -0.1) is 0 Å². The Bertz CT molecular complexity index is 997. The van der Waals surface area contributed by atoms with E-state index in [0.29, 0.717) is 33.2 Å². The number of hydrogen-bond donors (Lipinski definition) is 0. The number of carbonyl (C=O) groups is 1. The Kier molecular flexibility index (Phi) is 5.37. The highest BCUT2D eigenvalue weighted by atomic mass is 32.2. The van der Waals surface area contributed by atoms with Crippen LogP contribution in [0.3, 0.4) is 0 Å². The molecule has 0 radical (unpaired) electrons. The molecule has 4 nitrogen and oxygen atoms in total. The number of ether oxygens (including phenoxy) is 1. The minimum atomic E-state index is -2.52. The van der Waals surface area contributed by atoms with E-state index in [9.17, 15) is 18.4 Å². The zero-order valence-corrected chi connectivity index (χ0v) is 14.5. The van der Waals surface area contributed by atoms with Crippen LogP contribution in [0.1, 0.15) is 21.5 Å². The predicted octanol–water partition coefficient (Wildman–Crippen LogP) is 4.77. The van der Waals surface area contributed by atoms with E-state index in [1.54, 1.807) is 12.1 Å². The predicted molar refractivity (Wildman–Crippen MR) is 94.6 cm³/mol. The molecule has 134 valence electrons. The molecule has 0 fully saturated rings. The molecule has 0 bridgehead atoms. The summed E-state index contributed by atoms with van der Waals surface area (Å²) in [4.78, 5) is 24.2. The van der Waals surface area contributed by atoms with E-state index in [2.05, 4.69) is 0 Å². The molecular weight excluding hydrogens is 362 g/mol. The third-order valence-electron chi connectivity index (χ3n) is 3.66. The standard InChI is InChI=1S/C19H14F2O4S/c1-11-2-7-15-13(9-17(22)25-16(15)8-11)10-24-18(23)12-3-5-14(6-4-12)26-19(20)21/h2-9,19H,10H2,1H3. The number of thioether (sulfide) groups is 1. The first-order valence-electron chi connectivity index (χ1n) is 7.68. The molecule has 0 unspecified atom stereocenters. The molecule has 1 aromatic heterocycles. The maximum absolute atomic E-state index is 12.3. The first kappa shape index (κ1) is 18.1. The molecule has 0 spiro atoms.